The molecule has 3 aliphatic rings. The highest BCUT2D eigenvalue weighted by Crippen LogP contribution is 2.35. The van der Waals surface area contributed by atoms with Gasteiger partial charge in [0.15, 0.2) is 5.78 Å². The number of ketones is 1. The molecule has 1 aromatic rings. The summed E-state index contributed by atoms with van der Waals surface area (Å²) in [5, 5.41) is 15.2. The Morgan fingerprint density at radius 3 is 2.84 bits per heavy atom. The largest absolute Gasteiger partial charge is 0.496 e. The molecule has 8 heteroatoms. The molecular weight excluding hydrogens is 408 g/mol. The first-order valence-electron chi connectivity index (χ1n) is 11.1. The fourth-order valence-corrected chi connectivity index (χ4v) is 4.36. The lowest BCUT2D eigenvalue weighted by molar-refractivity contribution is -0.126. The number of hydrogen-bond donors (Lipinski definition) is 2. The first-order valence-corrected chi connectivity index (χ1v) is 11.1. The predicted octanol–water partition coefficient (Wildman–Crippen LogP) is 2.04. The summed E-state index contributed by atoms with van der Waals surface area (Å²) in [6.07, 6.45) is 5.04. The van der Waals surface area contributed by atoms with Crippen molar-refractivity contribution in [2.45, 2.75) is 38.1 Å². The molecule has 2 fully saturated rings. The Labute approximate surface area is 187 Å². The van der Waals surface area contributed by atoms with Crippen LogP contribution in [-0.2, 0) is 16.0 Å². The van der Waals surface area contributed by atoms with Gasteiger partial charge in [0.1, 0.15) is 5.75 Å². The molecule has 0 bridgehead atoms. The molecule has 2 atom stereocenters. The minimum atomic E-state index is -0.621. The van der Waals surface area contributed by atoms with Gasteiger partial charge < -0.3 is 20.3 Å². The minimum absolute atomic E-state index is 0.0189. The number of urea groups is 1. The number of rotatable bonds is 10. The standard InChI is InChI=1S/C24H28N4O4/c1-32-22-4-2-3-17-11-18(12-19(17)22)23(30)27-20(9-15-5-6-15)21(29)10-16(13-25)14-28-8-7-26-24(28)31/h2-4,12,15-16,20H,5-11,14H2,1H3,(H,26,31)(H,27,30). The number of benzene rings is 1. The van der Waals surface area contributed by atoms with E-state index in [9.17, 15) is 19.6 Å². The molecule has 32 heavy (non-hydrogen) atoms. The third-order valence-corrected chi connectivity index (χ3v) is 6.34. The van der Waals surface area contributed by atoms with E-state index in [1.54, 1.807) is 12.0 Å². The molecule has 8 nitrogen and oxygen atoms in total. The predicted molar refractivity (Wildman–Crippen MR) is 118 cm³/mol. The number of nitriles is 1. The smallest absolute Gasteiger partial charge is 0.317 e. The molecule has 3 amide bonds. The highest BCUT2D eigenvalue weighted by Gasteiger charge is 2.33. The summed E-state index contributed by atoms with van der Waals surface area (Å²) in [6.45, 7) is 1.30. The van der Waals surface area contributed by atoms with Crippen molar-refractivity contribution in [1.82, 2.24) is 15.5 Å². The molecule has 1 aromatic carbocycles. The van der Waals surface area contributed by atoms with E-state index in [0.717, 1.165) is 29.7 Å². The summed E-state index contributed by atoms with van der Waals surface area (Å²) < 4.78 is 5.39. The fraction of sp³-hybridized carbons (Fsp3) is 0.500. The van der Waals surface area contributed by atoms with Gasteiger partial charge in [0.25, 0.3) is 0 Å². The second-order valence-electron chi connectivity index (χ2n) is 8.76. The number of methoxy groups -OCH3 is 1. The van der Waals surface area contributed by atoms with E-state index >= 15 is 0 Å². The van der Waals surface area contributed by atoms with Crippen molar-refractivity contribution in [3.8, 4) is 11.8 Å². The van der Waals surface area contributed by atoms with Gasteiger partial charge in [-0.15, -0.1) is 0 Å². The SMILES string of the molecule is COc1cccc2c1C=C(C(=O)NC(CC1CC1)C(=O)CC(C#N)CN1CCNC1=O)C2. The zero-order valence-electron chi connectivity index (χ0n) is 18.2. The van der Waals surface area contributed by atoms with Crippen LogP contribution in [0.5, 0.6) is 5.75 Å². The Balaban J connectivity index is 1.41. The Kier molecular flexibility index (Phi) is 6.45. The molecule has 1 aliphatic heterocycles. The molecule has 0 spiro atoms. The second-order valence-corrected chi connectivity index (χ2v) is 8.76. The maximum Gasteiger partial charge on any atom is 0.317 e. The summed E-state index contributed by atoms with van der Waals surface area (Å²) in [4.78, 5) is 39.4. The molecule has 2 N–H and O–H groups in total. The van der Waals surface area contributed by atoms with Crippen molar-refractivity contribution in [1.29, 1.82) is 5.26 Å². The third kappa shape index (κ3) is 4.93. The summed E-state index contributed by atoms with van der Waals surface area (Å²) in [5.74, 6) is 0.159. The van der Waals surface area contributed by atoms with Gasteiger partial charge in [-0.2, -0.15) is 5.26 Å². The van der Waals surface area contributed by atoms with Crippen molar-refractivity contribution in [2.75, 3.05) is 26.7 Å². The van der Waals surface area contributed by atoms with Gasteiger partial charge in [0.2, 0.25) is 5.91 Å². The van der Waals surface area contributed by atoms with Crippen LogP contribution in [-0.4, -0.2) is 55.4 Å². The number of hydrogen-bond acceptors (Lipinski definition) is 5. The summed E-state index contributed by atoms with van der Waals surface area (Å²) in [5.41, 5.74) is 2.52. The van der Waals surface area contributed by atoms with Crippen LogP contribution in [0.15, 0.2) is 23.8 Å². The maximum absolute atomic E-state index is 13.1. The van der Waals surface area contributed by atoms with Crippen molar-refractivity contribution in [3.63, 3.8) is 0 Å². The van der Waals surface area contributed by atoms with Gasteiger partial charge in [-0.1, -0.05) is 25.0 Å². The molecule has 2 unspecified atom stereocenters. The van der Waals surface area contributed by atoms with E-state index in [-0.39, 0.29) is 30.7 Å². The number of nitrogens with one attached hydrogen (secondary N) is 2. The molecule has 0 radical (unpaired) electrons. The van der Waals surface area contributed by atoms with Gasteiger partial charge in [0.05, 0.1) is 25.1 Å². The van der Waals surface area contributed by atoms with Crippen molar-refractivity contribution >= 4 is 23.8 Å². The van der Waals surface area contributed by atoms with E-state index in [1.807, 2.05) is 24.3 Å². The Bertz CT molecular complexity index is 992. The second kappa shape index (κ2) is 9.43. The first-order chi connectivity index (χ1) is 15.5. The molecule has 0 aromatic heterocycles. The highest BCUT2D eigenvalue weighted by atomic mass is 16.5. The molecule has 1 saturated heterocycles. The third-order valence-electron chi connectivity index (χ3n) is 6.34. The first kappa shape index (κ1) is 21.9. The van der Waals surface area contributed by atoms with Crippen molar-refractivity contribution in [3.05, 3.63) is 34.9 Å². The van der Waals surface area contributed by atoms with E-state index in [0.29, 0.717) is 37.4 Å². The van der Waals surface area contributed by atoms with E-state index in [4.69, 9.17) is 4.74 Å². The molecular formula is C24H28N4O4. The highest BCUT2D eigenvalue weighted by molar-refractivity contribution is 6.03. The summed E-state index contributed by atoms with van der Waals surface area (Å²) in [7, 11) is 1.60. The maximum atomic E-state index is 13.1. The number of carbonyl (C=O) groups is 3. The molecule has 4 rings (SSSR count). The number of Topliss-reactive ketones (excluding diaryl/α,β-unsaturated/α-hetero) is 1. The van der Waals surface area contributed by atoms with Crippen LogP contribution in [0.25, 0.3) is 6.08 Å². The quantitative estimate of drug-likeness (QED) is 0.583. The Morgan fingerprint density at radius 1 is 1.38 bits per heavy atom. The van der Waals surface area contributed by atoms with Gasteiger partial charge in [-0.3, -0.25) is 9.59 Å². The van der Waals surface area contributed by atoms with E-state index < -0.39 is 12.0 Å². The Morgan fingerprint density at radius 2 is 2.19 bits per heavy atom. The Hall–Kier alpha value is -3.34. The van der Waals surface area contributed by atoms with Crippen LogP contribution in [0.3, 0.4) is 0 Å². The van der Waals surface area contributed by atoms with Crippen LogP contribution in [0.1, 0.15) is 36.8 Å². The van der Waals surface area contributed by atoms with Crippen molar-refractivity contribution in [2.24, 2.45) is 11.8 Å². The van der Waals surface area contributed by atoms with Crippen LogP contribution in [0.2, 0.25) is 0 Å². The number of amides is 3. The molecule has 2 aliphatic carbocycles. The number of carbonyl (C=O) groups excluding carboxylic acids is 3. The average Bonchev–Trinajstić information content (AvgIpc) is 3.35. The number of fused-ring (bicyclic) bond motifs is 1. The van der Waals surface area contributed by atoms with Crippen LogP contribution in [0.4, 0.5) is 4.79 Å². The molecule has 1 heterocycles. The summed E-state index contributed by atoms with van der Waals surface area (Å²) >= 11 is 0. The van der Waals surface area contributed by atoms with E-state index in [1.165, 1.54) is 0 Å². The van der Waals surface area contributed by atoms with Gasteiger partial charge in [0, 0.05) is 43.6 Å². The lowest BCUT2D eigenvalue weighted by Gasteiger charge is -2.21. The molecule has 1 saturated carbocycles. The number of nitrogens with zero attached hydrogens (tertiary/aromatic N) is 2. The lowest BCUT2D eigenvalue weighted by atomic mass is 9.95. The van der Waals surface area contributed by atoms with Crippen LogP contribution in [0, 0.1) is 23.2 Å². The zero-order chi connectivity index (χ0) is 22.7. The molecule has 168 valence electrons. The number of ether oxygens (including phenoxy) is 1. The fourth-order valence-electron chi connectivity index (χ4n) is 4.36. The minimum Gasteiger partial charge on any atom is -0.496 e. The summed E-state index contributed by atoms with van der Waals surface area (Å²) in [6, 6.07) is 7.05. The van der Waals surface area contributed by atoms with Crippen molar-refractivity contribution < 1.29 is 19.1 Å². The monoisotopic (exact) mass is 436 g/mol. The average molecular weight is 437 g/mol. The van der Waals surface area contributed by atoms with Gasteiger partial charge >= 0.3 is 6.03 Å². The van der Waals surface area contributed by atoms with Crippen LogP contribution >= 0.6 is 0 Å². The van der Waals surface area contributed by atoms with Gasteiger partial charge in [-0.05, 0) is 30.0 Å². The van der Waals surface area contributed by atoms with E-state index in [2.05, 4.69) is 16.7 Å². The van der Waals surface area contributed by atoms with Crippen LogP contribution < -0.4 is 15.4 Å². The lowest BCUT2D eigenvalue weighted by Crippen LogP contribution is -2.43. The topological polar surface area (TPSA) is 112 Å². The van der Waals surface area contributed by atoms with Gasteiger partial charge in [-0.25, -0.2) is 4.79 Å². The normalized spacial score (nSPS) is 18.8. The zero-order valence-corrected chi connectivity index (χ0v) is 18.2.